The summed E-state index contributed by atoms with van der Waals surface area (Å²) < 4.78 is 4.37. The van der Waals surface area contributed by atoms with Gasteiger partial charge in [0, 0.05) is 11.9 Å². The first-order chi connectivity index (χ1) is 5.68. The summed E-state index contributed by atoms with van der Waals surface area (Å²) in [5, 5.41) is 0. The average molecular weight is 163 g/mol. The van der Waals surface area contributed by atoms with Crippen molar-refractivity contribution in [1.82, 2.24) is 4.98 Å². The molecule has 1 aromatic rings. The van der Waals surface area contributed by atoms with Gasteiger partial charge in [-0.2, -0.15) is 0 Å². The van der Waals surface area contributed by atoms with Gasteiger partial charge < -0.3 is 4.74 Å². The molecule has 0 radical (unpaired) electrons. The predicted octanol–water partition coefficient (Wildman–Crippen LogP) is 0.701. The number of carbonyl (C=O) groups is 2. The lowest BCUT2D eigenvalue weighted by molar-refractivity contribution is 0.0443. The second kappa shape index (κ2) is 2.14. The van der Waals surface area contributed by atoms with Crippen molar-refractivity contribution in [3.05, 3.63) is 29.1 Å². The van der Waals surface area contributed by atoms with Crippen LogP contribution >= 0.6 is 0 Å². The van der Waals surface area contributed by atoms with E-state index in [9.17, 15) is 9.59 Å². The van der Waals surface area contributed by atoms with Crippen LogP contribution in [0.2, 0.25) is 0 Å². The second-order valence-electron chi connectivity index (χ2n) is 2.55. The Balaban J connectivity index is 2.68. The molecule has 0 amide bonds. The van der Waals surface area contributed by atoms with E-state index in [0.29, 0.717) is 11.3 Å². The molecule has 1 aromatic heterocycles. The Labute approximate surface area is 68.2 Å². The second-order valence-corrected chi connectivity index (χ2v) is 2.55. The molecule has 0 saturated heterocycles. The van der Waals surface area contributed by atoms with Crippen LogP contribution in [0.4, 0.5) is 0 Å². The van der Waals surface area contributed by atoms with E-state index in [4.69, 9.17) is 0 Å². The van der Waals surface area contributed by atoms with E-state index in [1.54, 1.807) is 13.0 Å². The number of rotatable bonds is 0. The van der Waals surface area contributed by atoms with E-state index in [1.165, 1.54) is 6.20 Å². The number of aromatic nitrogens is 1. The van der Waals surface area contributed by atoms with Crippen LogP contribution in [-0.4, -0.2) is 16.9 Å². The largest absolute Gasteiger partial charge is 0.386 e. The first-order valence-electron chi connectivity index (χ1n) is 3.41. The fourth-order valence-electron chi connectivity index (χ4n) is 1.09. The number of carbonyl (C=O) groups excluding carboxylic acids is 2. The molecule has 0 unspecified atom stereocenters. The first kappa shape index (κ1) is 6.97. The van der Waals surface area contributed by atoms with Gasteiger partial charge in [0.2, 0.25) is 0 Å². The Hall–Kier alpha value is -1.71. The van der Waals surface area contributed by atoms with Gasteiger partial charge in [-0.15, -0.1) is 0 Å². The molecule has 2 rings (SSSR count). The van der Waals surface area contributed by atoms with E-state index in [-0.39, 0.29) is 5.56 Å². The van der Waals surface area contributed by atoms with Crippen LogP contribution in [0.5, 0.6) is 0 Å². The number of hydrogen-bond acceptors (Lipinski definition) is 4. The molecule has 1 aliphatic rings. The van der Waals surface area contributed by atoms with Crippen molar-refractivity contribution in [3.8, 4) is 0 Å². The minimum absolute atomic E-state index is 0.255. The summed E-state index contributed by atoms with van der Waals surface area (Å²) >= 11 is 0. The Bertz CT molecular complexity index is 384. The molecule has 0 atom stereocenters. The minimum Gasteiger partial charge on any atom is -0.386 e. The van der Waals surface area contributed by atoms with Crippen LogP contribution in [0, 0.1) is 6.92 Å². The molecule has 0 fully saturated rings. The van der Waals surface area contributed by atoms with Gasteiger partial charge in [-0.25, -0.2) is 9.59 Å². The maximum atomic E-state index is 11.0. The highest BCUT2D eigenvalue weighted by molar-refractivity contribution is 6.14. The van der Waals surface area contributed by atoms with Crippen LogP contribution in [-0.2, 0) is 4.74 Å². The van der Waals surface area contributed by atoms with Gasteiger partial charge in [0.05, 0.1) is 11.1 Å². The summed E-state index contributed by atoms with van der Waals surface area (Å²) in [6.45, 7) is 1.75. The molecule has 0 bridgehead atoms. The summed E-state index contributed by atoms with van der Waals surface area (Å²) in [6.07, 6.45) is 1.36. The van der Waals surface area contributed by atoms with E-state index in [2.05, 4.69) is 9.72 Å². The maximum absolute atomic E-state index is 11.0. The molecule has 0 saturated carbocycles. The van der Waals surface area contributed by atoms with Crippen molar-refractivity contribution in [2.75, 3.05) is 0 Å². The smallest absolute Gasteiger partial charge is 0.348 e. The number of hydrogen-bond donors (Lipinski definition) is 0. The summed E-state index contributed by atoms with van der Waals surface area (Å²) in [5.74, 6) is -1.19. The van der Waals surface area contributed by atoms with Crippen molar-refractivity contribution in [2.24, 2.45) is 0 Å². The van der Waals surface area contributed by atoms with Gasteiger partial charge in [0.25, 0.3) is 0 Å². The van der Waals surface area contributed by atoms with Crippen molar-refractivity contribution in [3.63, 3.8) is 0 Å². The van der Waals surface area contributed by atoms with Gasteiger partial charge in [-0.3, -0.25) is 4.98 Å². The predicted molar refractivity (Wildman–Crippen MR) is 38.7 cm³/mol. The zero-order valence-electron chi connectivity index (χ0n) is 6.33. The highest BCUT2D eigenvalue weighted by atomic mass is 16.6. The number of pyridine rings is 1. The van der Waals surface area contributed by atoms with Crippen LogP contribution < -0.4 is 0 Å². The normalized spacial score (nSPS) is 14.4. The van der Waals surface area contributed by atoms with Crippen LogP contribution in [0.15, 0.2) is 12.3 Å². The highest BCUT2D eigenvalue weighted by Gasteiger charge is 2.29. The van der Waals surface area contributed by atoms with Gasteiger partial charge in [0.1, 0.15) is 0 Å². The third-order valence-electron chi connectivity index (χ3n) is 1.67. The molecule has 0 aromatic carbocycles. The third kappa shape index (κ3) is 0.812. The van der Waals surface area contributed by atoms with Gasteiger partial charge in [-0.1, -0.05) is 0 Å². The van der Waals surface area contributed by atoms with Gasteiger partial charge in [-0.05, 0) is 13.0 Å². The molecule has 0 aliphatic carbocycles. The zero-order valence-corrected chi connectivity index (χ0v) is 6.33. The van der Waals surface area contributed by atoms with Crippen molar-refractivity contribution in [2.45, 2.75) is 6.92 Å². The Morgan fingerprint density at radius 3 is 2.67 bits per heavy atom. The van der Waals surface area contributed by atoms with E-state index in [0.717, 1.165) is 0 Å². The van der Waals surface area contributed by atoms with Crippen LogP contribution in [0.3, 0.4) is 0 Å². The molecule has 2 heterocycles. The summed E-state index contributed by atoms with van der Waals surface area (Å²) in [5.41, 5.74) is 1.26. The summed E-state index contributed by atoms with van der Waals surface area (Å²) in [4.78, 5) is 25.7. The fraction of sp³-hybridized carbons (Fsp3) is 0.125. The average Bonchev–Trinajstić information content (AvgIpc) is 2.28. The fourth-order valence-corrected chi connectivity index (χ4v) is 1.09. The maximum Gasteiger partial charge on any atom is 0.348 e. The standard InChI is InChI=1S/C8H5NO3/c1-4-2-5-6(3-9-4)8(11)12-7(5)10/h2-3H,1H3. The molecule has 1 aliphatic heterocycles. The van der Waals surface area contributed by atoms with E-state index in [1.807, 2.05) is 0 Å². The number of nitrogens with zero attached hydrogens (tertiary/aromatic N) is 1. The monoisotopic (exact) mass is 163 g/mol. The van der Waals surface area contributed by atoms with Gasteiger partial charge in [0.15, 0.2) is 0 Å². The number of aryl methyl sites for hydroxylation is 1. The quantitative estimate of drug-likeness (QED) is 0.417. The van der Waals surface area contributed by atoms with Crippen LogP contribution in [0.25, 0.3) is 0 Å². The molecule has 60 valence electrons. The first-order valence-corrected chi connectivity index (χ1v) is 3.41. The number of esters is 2. The van der Waals surface area contributed by atoms with E-state index >= 15 is 0 Å². The molecule has 4 nitrogen and oxygen atoms in total. The third-order valence-corrected chi connectivity index (χ3v) is 1.67. The lowest BCUT2D eigenvalue weighted by atomic mass is 10.1. The van der Waals surface area contributed by atoms with Crippen molar-refractivity contribution < 1.29 is 14.3 Å². The Morgan fingerprint density at radius 2 is 1.92 bits per heavy atom. The molecule has 0 spiro atoms. The molecular weight excluding hydrogens is 158 g/mol. The zero-order chi connectivity index (χ0) is 8.72. The topological polar surface area (TPSA) is 56.3 Å². The lowest BCUT2D eigenvalue weighted by Crippen LogP contribution is -1.96. The minimum atomic E-state index is -0.609. The Morgan fingerprint density at radius 1 is 1.25 bits per heavy atom. The molecule has 0 N–H and O–H groups in total. The Kier molecular flexibility index (Phi) is 1.24. The number of cyclic esters (lactones) is 2. The molecule has 12 heavy (non-hydrogen) atoms. The summed E-state index contributed by atoms with van der Waals surface area (Å²) in [7, 11) is 0. The SMILES string of the molecule is Cc1cc2c(cn1)C(=O)OC2=O. The summed E-state index contributed by atoms with van der Waals surface area (Å²) in [6, 6.07) is 1.54. The van der Waals surface area contributed by atoms with Crippen molar-refractivity contribution >= 4 is 11.9 Å². The molecular formula is C8H5NO3. The van der Waals surface area contributed by atoms with E-state index < -0.39 is 11.9 Å². The highest BCUT2D eigenvalue weighted by Crippen LogP contribution is 2.18. The number of fused-ring (bicyclic) bond motifs is 1. The number of ether oxygens (including phenoxy) is 1. The van der Waals surface area contributed by atoms with Crippen LogP contribution in [0.1, 0.15) is 26.4 Å². The molecule has 4 heteroatoms. The van der Waals surface area contributed by atoms with Crippen molar-refractivity contribution in [1.29, 1.82) is 0 Å². The van der Waals surface area contributed by atoms with Gasteiger partial charge >= 0.3 is 11.9 Å². The lowest BCUT2D eigenvalue weighted by Gasteiger charge is -1.91.